The molecule has 0 radical (unpaired) electrons. The second-order valence-corrected chi connectivity index (χ2v) is 4.72. The van der Waals surface area contributed by atoms with Crippen molar-refractivity contribution >= 4 is 5.69 Å². The van der Waals surface area contributed by atoms with Crippen molar-refractivity contribution in [3.63, 3.8) is 0 Å². The van der Waals surface area contributed by atoms with Crippen molar-refractivity contribution in [3.05, 3.63) is 18.2 Å². The average molecular weight is 244 g/mol. The van der Waals surface area contributed by atoms with Crippen molar-refractivity contribution in [2.45, 2.75) is 12.8 Å². The summed E-state index contributed by atoms with van der Waals surface area (Å²) in [5.74, 6) is 1.89. The Hall–Kier alpha value is -1.89. The molecule has 3 rings (SSSR count). The summed E-state index contributed by atoms with van der Waals surface area (Å²) in [5, 5.41) is 8.90. The number of fused-ring (bicyclic) bond motifs is 1. The minimum absolute atomic E-state index is 0.221. The Balaban J connectivity index is 1.75. The van der Waals surface area contributed by atoms with Gasteiger partial charge in [0, 0.05) is 30.8 Å². The Labute approximate surface area is 107 Å². The number of nitrogens with zero attached hydrogens (tertiary/aromatic N) is 2. The molecule has 4 heteroatoms. The maximum Gasteiger partial charge on any atom is 0.163 e. The smallest absolute Gasteiger partial charge is 0.163 e. The molecular weight excluding hydrogens is 228 g/mol. The van der Waals surface area contributed by atoms with Gasteiger partial charge in [0.2, 0.25) is 0 Å². The lowest BCUT2D eigenvalue weighted by atomic mass is 9.98. The number of nitriles is 1. The summed E-state index contributed by atoms with van der Waals surface area (Å²) in [6.07, 6.45) is 1.90. The van der Waals surface area contributed by atoms with Crippen LogP contribution in [0.5, 0.6) is 11.5 Å². The summed E-state index contributed by atoms with van der Waals surface area (Å²) in [6, 6.07) is 8.44. The average Bonchev–Trinajstić information content (AvgIpc) is 2.47. The van der Waals surface area contributed by atoms with E-state index in [1.807, 2.05) is 12.1 Å². The molecule has 4 nitrogen and oxygen atoms in total. The van der Waals surface area contributed by atoms with E-state index in [1.165, 1.54) is 0 Å². The Morgan fingerprint density at radius 2 is 1.83 bits per heavy atom. The molecule has 0 N–H and O–H groups in total. The maximum atomic E-state index is 8.90. The molecule has 2 heterocycles. The fourth-order valence-electron chi connectivity index (χ4n) is 2.50. The van der Waals surface area contributed by atoms with Crippen LogP contribution >= 0.6 is 0 Å². The predicted octanol–water partition coefficient (Wildman–Crippen LogP) is 2.20. The Morgan fingerprint density at radius 3 is 2.56 bits per heavy atom. The van der Waals surface area contributed by atoms with Gasteiger partial charge >= 0.3 is 0 Å². The van der Waals surface area contributed by atoms with Crippen LogP contribution in [0.4, 0.5) is 5.69 Å². The van der Waals surface area contributed by atoms with Crippen molar-refractivity contribution in [1.29, 1.82) is 5.26 Å². The highest BCUT2D eigenvalue weighted by Crippen LogP contribution is 2.35. The van der Waals surface area contributed by atoms with Crippen LogP contribution in [0.1, 0.15) is 12.8 Å². The van der Waals surface area contributed by atoms with Gasteiger partial charge in [0.1, 0.15) is 13.2 Å². The van der Waals surface area contributed by atoms with Gasteiger partial charge in [0.15, 0.2) is 11.5 Å². The summed E-state index contributed by atoms with van der Waals surface area (Å²) in [6.45, 7) is 3.13. The minimum Gasteiger partial charge on any atom is -0.486 e. The Kier molecular flexibility index (Phi) is 2.97. The number of hydrogen-bond donors (Lipinski definition) is 0. The van der Waals surface area contributed by atoms with Crippen molar-refractivity contribution in [2.24, 2.45) is 5.92 Å². The second-order valence-electron chi connectivity index (χ2n) is 4.72. The lowest BCUT2D eigenvalue weighted by molar-refractivity contribution is 0.171. The van der Waals surface area contributed by atoms with Gasteiger partial charge in [0.05, 0.1) is 6.07 Å². The molecule has 1 fully saturated rings. The quantitative estimate of drug-likeness (QED) is 0.759. The van der Waals surface area contributed by atoms with Gasteiger partial charge < -0.3 is 14.4 Å². The molecule has 0 unspecified atom stereocenters. The van der Waals surface area contributed by atoms with Crippen LogP contribution < -0.4 is 14.4 Å². The van der Waals surface area contributed by atoms with E-state index in [0.29, 0.717) is 13.2 Å². The summed E-state index contributed by atoms with van der Waals surface area (Å²) in [4.78, 5) is 2.31. The van der Waals surface area contributed by atoms with Crippen LogP contribution in [0.2, 0.25) is 0 Å². The first-order valence-corrected chi connectivity index (χ1v) is 6.41. The van der Waals surface area contributed by atoms with E-state index >= 15 is 0 Å². The number of benzene rings is 1. The van der Waals surface area contributed by atoms with Crippen LogP contribution in [-0.4, -0.2) is 26.3 Å². The molecule has 0 aromatic heterocycles. The van der Waals surface area contributed by atoms with E-state index in [0.717, 1.165) is 43.1 Å². The summed E-state index contributed by atoms with van der Waals surface area (Å²) < 4.78 is 11.1. The molecule has 1 aromatic rings. The topological polar surface area (TPSA) is 45.5 Å². The SMILES string of the molecule is N#CC1CCN(c2ccc3c(c2)OCCO3)CC1. The first kappa shape index (κ1) is 11.2. The monoisotopic (exact) mass is 244 g/mol. The molecule has 1 aromatic carbocycles. The highest BCUT2D eigenvalue weighted by molar-refractivity contribution is 5.57. The molecule has 0 bridgehead atoms. The highest BCUT2D eigenvalue weighted by Gasteiger charge is 2.20. The first-order chi connectivity index (χ1) is 8.86. The van der Waals surface area contributed by atoms with Gasteiger partial charge in [0.25, 0.3) is 0 Å². The number of hydrogen-bond acceptors (Lipinski definition) is 4. The molecule has 0 aliphatic carbocycles. The molecule has 1 saturated heterocycles. The molecule has 18 heavy (non-hydrogen) atoms. The standard InChI is InChI=1S/C14H16N2O2/c15-10-11-3-5-16(6-4-11)12-1-2-13-14(9-12)18-8-7-17-13/h1-2,9,11H,3-8H2. The fourth-order valence-corrected chi connectivity index (χ4v) is 2.50. The lowest BCUT2D eigenvalue weighted by Crippen LogP contribution is -2.33. The fraction of sp³-hybridized carbons (Fsp3) is 0.500. The van der Waals surface area contributed by atoms with Gasteiger partial charge in [-0.15, -0.1) is 0 Å². The summed E-state index contributed by atoms with van der Waals surface area (Å²) in [7, 11) is 0. The number of ether oxygens (including phenoxy) is 2. The lowest BCUT2D eigenvalue weighted by Gasteiger charge is -2.31. The van der Waals surface area contributed by atoms with Crippen LogP contribution in [0.3, 0.4) is 0 Å². The predicted molar refractivity (Wildman–Crippen MR) is 68.0 cm³/mol. The zero-order valence-corrected chi connectivity index (χ0v) is 10.3. The largest absolute Gasteiger partial charge is 0.486 e. The van der Waals surface area contributed by atoms with Gasteiger partial charge in [-0.25, -0.2) is 0 Å². The van der Waals surface area contributed by atoms with Crippen molar-refractivity contribution in [1.82, 2.24) is 0 Å². The van der Waals surface area contributed by atoms with E-state index in [2.05, 4.69) is 17.0 Å². The van der Waals surface area contributed by atoms with Crippen LogP contribution in [0, 0.1) is 17.2 Å². The summed E-state index contributed by atoms with van der Waals surface area (Å²) >= 11 is 0. The van der Waals surface area contributed by atoms with E-state index in [9.17, 15) is 0 Å². The first-order valence-electron chi connectivity index (χ1n) is 6.41. The Morgan fingerprint density at radius 1 is 1.11 bits per heavy atom. The van der Waals surface area contributed by atoms with Crippen molar-refractivity contribution < 1.29 is 9.47 Å². The van der Waals surface area contributed by atoms with Gasteiger partial charge in [-0.1, -0.05) is 0 Å². The highest BCUT2D eigenvalue weighted by atomic mass is 16.6. The van der Waals surface area contributed by atoms with Gasteiger partial charge in [-0.3, -0.25) is 0 Å². The Bertz CT molecular complexity index is 473. The zero-order valence-electron chi connectivity index (χ0n) is 10.3. The maximum absolute atomic E-state index is 8.90. The minimum atomic E-state index is 0.221. The molecule has 2 aliphatic heterocycles. The third-order valence-corrected chi connectivity index (χ3v) is 3.57. The number of rotatable bonds is 1. The van der Waals surface area contributed by atoms with Gasteiger partial charge in [-0.2, -0.15) is 5.26 Å². The number of piperidine rings is 1. The van der Waals surface area contributed by atoms with Crippen molar-refractivity contribution in [3.8, 4) is 17.6 Å². The van der Waals surface area contributed by atoms with E-state index < -0.39 is 0 Å². The normalized spacial score (nSPS) is 19.4. The molecule has 0 atom stereocenters. The van der Waals surface area contributed by atoms with Crippen LogP contribution in [0.25, 0.3) is 0 Å². The molecule has 0 spiro atoms. The molecule has 0 amide bonds. The second kappa shape index (κ2) is 4.77. The van der Waals surface area contributed by atoms with E-state index in [4.69, 9.17) is 14.7 Å². The third kappa shape index (κ3) is 2.08. The van der Waals surface area contributed by atoms with Gasteiger partial charge in [-0.05, 0) is 25.0 Å². The third-order valence-electron chi connectivity index (χ3n) is 3.57. The molecule has 94 valence electrons. The van der Waals surface area contributed by atoms with E-state index in [-0.39, 0.29) is 5.92 Å². The van der Waals surface area contributed by atoms with Crippen LogP contribution in [-0.2, 0) is 0 Å². The van der Waals surface area contributed by atoms with Crippen LogP contribution in [0.15, 0.2) is 18.2 Å². The van der Waals surface area contributed by atoms with Crippen molar-refractivity contribution in [2.75, 3.05) is 31.2 Å². The molecular formula is C14H16N2O2. The molecule has 2 aliphatic rings. The summed E-state index contributed by atoms with van der Waals surface area (Å²) in [5.41, 5.74) is 1.16. The number of anilines is 1. The zero-order chi connectivity index (χ0) is 12.4. The molecule has 0 saturated carbocycles. The van der Waals surface area contributed by atoms with E-state index in [1.54, 1.807) is 0 Å².